The van der Waals surface area contributed by atoms with Gasteiger partial charge in [0.1, 0.15) is 0 Å². The van der Waals surface area contributed by atoms with Crippen molar-refractivity contribution in [3.05, 3.63) is 34.3 Å². The predicted octanol–water partition coefficient (Wildman–Crippen LogP) is 2.33. The van der Waals surface area contributed by atoms with Crippen LogP contribution in [-0.2, 0) is 10.2 Å². The van der Waals surface area contributed by atoms with Gasteiger partial charge in [-0.3, -0.25) is 0 Å². The fourth-order valence-corrected chi connectivity index (χ4v) is 2.69. The Morgan fingerprint density at radius 2 is 2.13 bits per heavy atom. The molecule has 2 rings (SSSR count). The SMILES string of the molecule is CCOCC1(c2ccccc2Br)CNC1. The topological polar surface area (TPSA) is 21.3 Å². The molecule has 15 heavy (non-hydrogen) atoms. The van der Waals surface area contributed by atoms with E-state index in [1.165, 1.54) is 10.0 Å². The lowest BCUT2D eigenvalue weighted by Gasteiger charge is -2.43. The van der Waals surface area contributed by atoms with Crippen molar-refractivity contribution in [1.82, 2.24) is 5.32 Å². The largest absolute Gasteiger partial charge is 0.381 e. The number of nitrogens with one attached hydrogen (secondary N) is 1. The zero-order chi connectivity index (χ0) is 10.7. The number of hydrogen-bond donors (Lipinski definition) is 1. The van der Waals surface area contributed by atoms with Crippen molar-refractivity contribution < 1.29 is 4.74 Å². The van der Waals surface area contributed by atoms with Crippen LogP contribution in [0.1, 0.15) is 12.5 Å². The first-order chi connectivity index (χ1) is 7.28. The number of ether oxygens (including phenoxy) is 1. The first-order valence-electron chi connectivity index (χ1n) is 5.32. The molecule has 0 spiro atoms. The fourth-order valence-electron chi connectivity index (χ4n) is 1.99. The molecular weight excluding hydrogens is 254 g/mol. The Morgan fingerprint density at radius 3 is 2.67 bits per heavy atom. The Morgan fingerprint density at radius 1 is 1.40 bits per heavy atom. The van der Waals surface area contributed by atoms with Gasteiger partial charge in [0.05, 0.1) is 6.61 Å². The minimum absolute atomic E-state index is 0.177. The van der Waals surface area contributed by atoms with Crippen molar-refractivity contribution in [3.63, 3.8) is 0 Å². The predicted molar refractivity (Wildman–Crippen MR) is 65.2 cm³/mol. The molecule has 1 aromatic rings. The van der Waals surface area contributed by atoms with E-state index in [1.54, 1.807) is 0 Å². The third kappa shape index (κ3) is 2.10. The van der Waals surface area contributed by atoms with E-state index in [4.69, 9.17) is 4.74 Å². The summed E-state index contributed by atoms with van der Waals surface area (Å²) in [6.07, 6.45) is 0. The van der Waals surface area contributed by atoms with Crippen molar-refractivity contribution in [2.75, 3.05) is 26.3 Å². The molecule has 0 amide bonds. The van der Waals surface area contributed by atoms with Crippen LogP contribution in [0.4, 0.5) is 0 Å². The zero-order valence-corrected chi connectivity index (χ0v) is 10.5. The van der Waals surface area contributed by atoms with Gasteiger partial charge < -0.3 is 10.1 Å². The van der Waals surface area contributed by atoms with Crippen LogP contribution in [0.15, 0.2) is 28.7 Å². The summed E-state index contributed by atoms with van der Waals surface area (Å²) < 4.78 is 6.78. The van der Waals surface area contributed by atoms with Crippen LogP contribution >= 0.6 is 15.9 Å². The van der Waals surface area contributed by atoms with Crippen LogP contribution in [0.5, 0.6) is 0 Å². The fraction of sp³-hybridized carbons (Fsp3) is 0.500. The second-order valence-electron chi connectivity index (χ2n) is 4.00. The van der Waals surface area contributed by atoms with Gasteiger partial charge in [-0.1, -0.05) is 34.1 Å². The quantitative estimate of drug-likeness (QED) is 0.906. The number of hydrogen-bond acceptors (Lipinski definition) is 2. The summed E-state index contributed by atoms with van der Waals surface area (Å²) in [5, 5.41) is 3.34. The van der Waals surface area contributed by atoms with Gasteiger partial charge in [-0.2, -0.15) is 0 Å². The van der Waals surface area contributed by atoms with Gasteiger partial charge in [0, 0.05) is 29.6 Å². The first-order valence-corrected chi connectivity index (χ1v) is 6.11. The molecule has 1 heterocycles. The van der Waals surface area contributed by atoms with Crippen molar-refractivity contribution in [3.8, 4) is 0 Å². The Labute approximate surface area is 99.1 Å². The monoisotopic (exact) mass is 269 g/mol. The van der Waals surface area contributed by atoms with Crippen molar-refractivity contribution >= 4 is 15.9 Å². The van der Waals surface area contributed by atoms with Crippen molar-refractivity contribution in [2.24, 2.45) is 0 Å². The maximum atomic E-state index is 5.59. The molecule has 3 heteroatoms. The standard InChI is InChI=1S/C12H16BrNO/c1-2-15-9-12(7-14-8-12)10-5-3-4-6-11(10)13/h3-6,14H,2,7-9H2,1H3. The normalized spacial score (nSPS) is 18.5. The molecule has 1 aliphatic heterocycles. The van der Waals surface area contributed by atoms with E-state index in [9.17, 15) is 0 Å². The van der Waals surface area contributed by atoms with E-state index >= 15 is 0 Å². The lowest BCUT2D eigenvalue weighted by molar-refractivity contribution is 0.0648. The molecule has 0 radical (unpaired) electrons. The highest BCUT2D eigenvalue weighted by molar-refractivity contribution is 9.10. The van der Waals surface area contributed by atoms with Gasteiger partial charge in [0.2, 0.25) is 0 Å². The average molecular weight is 270 g/mol. The molecule has 1 saturated heterocycles. The van der Waals surface area contributed by atoms with Gasteiger partial charge >= 0.3 is 0 Å². The van der Waals surface area contributed by atoms with Crippen molar-refractivity contribution in [1.29, 1.82) is 0 Å². The molecule has 0 atom stereocenters. The second-order valence-corrected chi connectivity index (χ2v) is 4.86. The average Bonchev–Trinajstić information content (AvgIpc) is 2.19. The van der Waals surface area contributed by atoms with E-state index in [0.29, 0.717) is 0 Å². The minimum atomic E-state index is 0.177. The Bertz CT molecular complexity index is 336. The van der Waals surface area contributed by atoms with Gasteiger partial charge in [0.25, 0.3) is 0 Å². The highest BCUT2D eigenvalue weighted by atomic mass is 79.9. The molecule has 82 valence electrons. The molecular formula is C12H16BrNO. The Balaban J connectivity index is 2.22. The van der Waals surface area contributed by atoms with Gasteiger partial charge in [-0.15, -0.1) is 0 Å². The molecule has 1 N–H and O–H groups in total. The summed E-state index contributed by atoms with van der Waals surface area (Å²) in [6.45, 7) is 5.65. The molecule has 2 nitrogen and oxygen atoms in total. The summed E-state index contributed by atoms with van der Waals surface area (Å²) in [6, 6.07) is 8.42. The van der Waals surface area contributed by atoms with E-state index in [2.05, 4.69) is 39.4 Å². The number of halogens is 1. The van der Waals surface area contributed by atoms with E-state index in [1.807, 2.05) is 13.0 Å². The number of rotatable bonds is 4. The number of benzene rings is 1. The molecule has 0 bridgehead atoms. The summed E-state index contributed by atoms with van der Waals surface area (Å²) in [7, 11) is 0. The summed E-state index contributed by atoms with van der Waals surface area (Å²) in [5.41, 5.74) is 1.54. The summed E-state index contributed by atoms with van der Waals surface area (Å²) in [5.74, 6) is 0. The van der Waals surface area contributed by atoms with E-state index in [0.717, 1.165) is 26.3 Å². The third-order valence-corrected chi connectivity index (χ3v) is 3.65. The van der Waals surface area contributed by atoms with Crippen LogP contribution in [0.3, 0.4) is 0 Å². The molecule has 0 saturated carbocycles. The van der Waals surface area contributed by atoms with Crippen LogP contribution in [0.2, 0.25) is 0 Å². The minimum Gasteiger partial charge on any atom is -0.381 e. The summed E-state index contributed by atoms with van der Waals surface area (Å²) in [4.78, 5) is 0. The highest BCUT2D eigenvalue weighted by Crippen LogP contribution is 2.34. The van der Waals surface area contributed by atoms with Gasteiger partial charge in [-0.05, 0) is 18.6 Å². The summed E-state index contributed by atoms with van der Waals surface area (Å²) >= 11 is 3.62. The second kappa shape index (κ2) is 4.64. The molecule has 1 aromatic carbocycles. The Kier molecular flexibility index (Phi) is 3.44. The first kappa shape index (κ1) is 11.1. The molecule has 0 aromatic heterocycles. The molecule has 1 aliphatic rings. The Hall–Kier alpha value is -0.380. The van der Waals surface area contributed by atoms with Crippen LogP contribution in [0, 0.1) is 0 Å². The van der Waals surface area contributed by atoms with Gasteiger partial charge in [0.15, 0.2) is 0 Å². The van der Waals surface area contributed by atoms with Crippen molar-refractivity contribution in [2.45, 2.75) is 12.3 Å². The molecule has 0 unspecified atom stereocenters. The van der Waals surface area contributed by atoms with Gasteiger partial charge in [-0.25, -0.2) is 0 Å². The lowest BCUT2D eigenvalue weighted by Crippen LogP contribution is -2.59. The maximum Gasteiger partial charge on any atom is 0.0587 e. The van der Waals surface area contributed by atoms with Crippen LogP contribution < -0.4 is 5.32 Å². The molecule has 0 aliphatic carbocycles. The van der Waals surface area contributed by atoms with Crippen LogP contribution in [0.25, 0.3) is 0 Å². The highest BCUT2D eigenvalue weighted by Gasteiger charge is 2.40. The van der Waals surface area contributed by atoms with Crippen LogP contribution in [-0.4, -0.2) is 26.3 Å². The van der Waals surface area contributed by atoms with E-state index in [-0.39, 0.29) is 5.41 Å². The zero-order valence-electron chi connectivity index (χ0n) is 8.92. The lowest BCUT2D eigenvalue weighted by atomic mass is 9.76. The third-order valence-electron chi connectivity index (χ3n) is 2.95. The maximum absolute atomic E-state index is 5.59. The van der Waals surface area contributed by atoms with E-state index < -0.39 is 0 Å². The molecule has 1 fully saturated rings. The smallest absolute Gasteiger partial charge is 0.0587 e.